The number of carbonyl (C=O) groups is 4. The van der Waals surface area contributed by atoms with Crippen LogP contribution < -0.4 is 5.32 Å². The minimum atomic E-state index is -4.61. The molecule has 1 aliphatic heterocycles. The Kier molecular flexibility index (Phi) is 5.91. The molecular formula is C21H20ClF3N2O5. The summed E-state index contributed by atoms with van der Waals surface area (Å²) in [6.07, 6.45) is -2.08. The predicted octanol–water partition coefficient (Wildman–Crippen LogP) is 3.26. The van der Waals surface area contributed by atoms with Crippen molar-refractivity contribution in [3.05, 3.63) is 28.8 Å². The number of ether oxygens (including phenoxy) is 1. The molecule has 32 heavy (non-hydrogen) atoms. The average Bonchev–Trinajstić information content (AvgIpc) is 3.40. The van der Waals surface area contributed by atoms with Gasteiger partial charge in [0, 0.05) is 6.54 Å². The van der Waals surface area contributed by atoms with Crippen LogP contribution in [0.5, 0.6) is 0 Å². The SMILES string of the molecule is O=C(COC(=O)CCN1C(=O)[C@@H]2[C@H]3CC[C@@H](C3)[C@@H]2C1=O)Nc1cc(C(F)(F)F)ccc1Cl. The van der Waals surface area contributed by atoms with Crippen LogP contribution in [0.3, 0.4) is 0 Å². The van der Waals surface area contributed by atoms with Gasteiger partial charge in [-0.25, -0.2) is 0 Å². The molecule has 2 bridgehead atoms. The number of esters is 1. The normalized spacial score (nSPS) is 26.4. The third-order valence-electron chi connectivity index (χ3n) is 6.49. The number of benzene rings is 1. The third-order valence-corrected chi connectivity index (χ3v) is 6.82. The maximum Gasteiger partial charge on any atom is 0.416 e. The van der Waals surface area contributed by atoms with E-state index >= 15 is 0 Å². The molecule has 4 atom stereocenters. The highest BCUT2D eigenvalue weighted by atomic mass is 35.5. The molecule has 172 valence electrons. The van der Waals surface area contributed by atoms with Crippen LogP contribution in [0.4, 0.5) is 18.9 Å². The molecule has 3 fully saturated rings. The number of rotatable bonds is 6. The van der Waals surface area contributed by atoms with Gasteiger partial charge in [-0.1, -0.05) is 11.6 Å². The van der Waals surface area contributed by atoms with E-state index in [9.17, 15) is 32.3 Å². The van der Waals surface area contributed by atoms with Crippen molar-refractivity contribution < 1.29 is 37.1 Å². The van der Waals surface area contributed by atoms with Crippen LogP contribution in [0.15, 0.2) is 18.2 Å². The summed E-state index contributed by atoms with van der Waals surface area (Å²) in [7, 11) is 0. The van der Waals surface area contributed by atoms with Gasteiger partial charge in [0.2, 0.25) is 11.8 Å². The zero-order valence-electron chi connectivity index (χ0n) is 16.8. The first-order valence-corrected chi connectivity index (χ1v) is 10.6. The number of nitrogens with one attached hydrogen (secondary N) is 1. The number of likely N-dealkylation sites (tertiary alicyclic amines) is 1. The molecule has 0 radical (unpaired) electrons. The molecule has 1 aromatic rings. The van der Waals surface area contributed by atoms with Crippen molar-refractivity contribution in [2.75, 3.05) is 18.5 Å². The topological polar surface area (TPSA) is 92.8 Å². The Labute approximate surface area is 186 Å². The van der Waals surface area contributed by atoms with Crippen molar-refractivity contribution in [3.63, 3.8) is 0 Å². The molecule has 0 spiro atoms. The maximum atomic E-state index is 12.8. The number of alkyl halides is 3. The summed E-state index contributed by atoms with van der Waals surface area (Å²) in [6, 6.07) is 2.45. The Bertz CT molecular complexity index is 955. The molecule has 2 saturated carbocycles. The Morgan fingerprint density at radius 3 is 2.34 bits per heavy atom. The number of carbonyl (C=O) groups excluding carboxylic acids is 4. The second kappa shape index (κ2) is 8.38. The van der Waals surface area contributed by atoms with Gasteiger partial charge >= 0.3 is 12.1 Å². The Hall–Kier alpha value is -2.62. The smallest absolute Gasteiger partial charge is 0.416 e. The van der Waals surface area contributed by atoms with Gasteiger partial charge in [-0.15, -0.1) is 0 Å². The number of anilines is 1. The minimum absolute atomic E-state index is 0.108. The summed E-state index contributed by atoms with van der Waals surface area (Å²) in [5.41, 5.74) is -1.26. The lowest BCUT2D eigenvalue weighted by Crippen LogP contribution is -2.35. The largest absolute Gasteiger partial charge is 0.456 e. The summed E-state index contributed by atoms with van der Waals surface area (Å²) in [5.74, 6) is -2.24. The van der Waals surface area contributed by atoms with Crippen LogP contribution in [-0.2, 0) is 30.1 Å². The molecule has 11 heteroatoms. The standard InChI is InChI=1S/C21H20ClF3N2O5/c22-13-4-3-12(21(23,24)25)8-14(13)26-15(28)9-32-16(29)5-6-27-19(30)17-10-1-2-11(7-10)18(17)20(27)31/h3-4,8,10-11,17-18H,1-2,5-7,9H2,(H,26,28)/t10-,11-,17-,18+/m0/s1. The zero-order chi connectivity index (χ0) is 23.2. The Morgan fingerprint density at radius 1 is 1.12 bits per heavy atom. The number of nitrogens with zero attached hydrogens (tertiary/aromatic N) is 1. The van der Waals surface area contributed by atoms with Crippen LogP contribution >= 0.6 is 11.6 Å². The summed E-state index contributed by atoms with van der Waals surface area (Å²) in [4.78, 5) is 50.2. The first-order valence-electron chi connectivity index (χ1n) is 10.2. The lowest BCUT2D eigenvalue weighted by Gasteiger charge is -2.19. The highest BCUT2D eigenvalue weighted by Gasteiger charge is 2.60. The minimum Gasteiger partial charge on any atom is -0.456 e. The monoisotopic (exact) mass is 472 g/mol. The second-order valence-corrected chi connectivity index (χ2v) is 8.77. The van der Waals surface area contributed by atoms with Crippen molar-refractivity contribution in [1.82, 2.24) is 4.90 Å². The van der Waals surface area contributed by atoms with Gasteiger partial charge in [0.15, 0.2) is 6.61 Å². The summed E-state index contributed by atoms with van der Waals surface area (Å²) < 4.78 is 43.2. The highest BCUT2D eigenvalue weighted by Crippen LogP contribution is 2.56. The number of amides is 3. The number of fused-ring (bicyclic) bond motifs is 5. The molecule has 3 aliphatic rings. The summed E-state index contributed by atoms with van der Waals surface area (Å²) >= 11 is 5.81. The number of imide groups is 1. The first-order chi connectivity index (χ1) is 15.1. The van der Waals surface area contributed by atoms with Crippen LogP contribution in [0.25, 0.3) is 0 Å². The van der Waals surface area contributed by atoms with Gasteiger partial charge in [0.1, 0.15) is 0 Å². The maximum absolute atomic E-state index is 12.8. The summed E-state index contributed by atoms with van der Waals surface area (Å²) in [6.45, 7) is -0.868. The van der Waals surface area contributed by atoms with Gasteiger partial charge in [-0.2, -0.15) is 13.2 Å². The lowest BCUT2D eigenvalue weighted by molar-refractivity contribution is -0.149. The van der Waals surface area contributed by atoms with Crippen LogP contribution in [-0.4, -0.2) is 41.7 Å². The average molecular weight is 473 g/mol. The number of hydrogen-bond acceptors (Lipinski definition) is 5. The van der Waals surface area contributed by atoms with E-state index in [0.29, 0.717) is 6.07 Å². The van der Waals surface area contributed by atoms with E-state index < -0.39 is 30.2 Å². The van der Waals surface area contributed by atoms with Gasteiger partial charge < -0.3 is 10.1 Å². The van der Waals surface area contributed by atoms with Crippen LogP contribution in [0.1, 0.15) is 31.2 Å². The van der Waals surface area contributed by atoms with Gasteiger partial charge in [0.05, 0.1) is 34.5 Å². The zero-order valence-corrected chi connectivity index (χ0v) is 17.5. The van der Waals surface area contributed by atoms with Crippen molar-refractivity contribution in [1.29, 1.82) is 0 Å². The van der Waals surface area contributed by atoms with Crippen molar-refractivity contribution in [2.24, 2.45) is 23.7 Å². The van der Waals surface area contributed by atoms with Crippen molar-refractivity contribution in [3.8, 4) is 0 Å². The lowest BCUT2D eigenvalue weighted by atomic mass is 9.81. The second-order valence-electron chi connectivity index (χ2n) is 8.36. The van der Waals surface area contributed by atoms with Crippen molar-refractivity contribution in [2.45, 2.75) is 31.9 Å². The first kappa shape index (κ1) is 22.6. The quantitative estimate of drug-likeness (QED) is 0.507. The molecule has 1 saturated heterocycles. The van der Waals surface area contributed by atoms with Crippen molar-refractivity contribution >= 4 is 41.0 Å². The molecule has 1 aromatic carbocycles. The molecule has 1 N–H and O–H groups in total. The van der Waals surface area contributed by atoms with Gasteiger partial charge in [0.25, 0.3) is 5.91 Å². The van der Waals surface area contributed by atoms with E-state index in [2.05, 4.69) is 5.32 Å². The number of hydrogen-bond donors (Lipinski definition) is 1. The van der Waals surface area contributed by atoms with E-state index in [4.69, 9.17) is 16.3 Å². The van der Waals surface area contributed by atoms with E-state index in [1.165, 1.54) is 0 Å². The van der Waals surface area contributed by atoms with Gasteiger partial charge in [-0.05, 0) is 49.3 Å². The Balaban J connectivity index is 1.26. The van der Waals surface area contributed by atoms with E-state index in [1.54, 1.807) is 0 Å². The molecule has 0 unspecified atom stereocenters. The third kappa shape index (κ3) is 4.20. The van der Waals surface area contributed by atoms with E-state index in [0.717, 1.165) is 36.3 Å². The molecule has 7 nitrogen and oxygen atoms in total. The van der Waals surface area contributed by atoms with Crippen LogP contribution in [0, 0.1) is 23.7 Å². The van der Waals surface area contributed by atoms with Gasteiger partial charge in [-0.3, -0.25) is 24.1 Å². The fourth-order valence-electron chi connectivity index (χ4n) is 5.10. The van der Waals surface area contributed by atoms with E-state index in [1.807, 2.05) is 0 Å². The number of halogens is 4. The summed E-state index contributed by atoms with van der Waals surface area (Å²) in [5, 5.41) is 2.06. The Morgan fingerprint density at radius 2 is 1.75 bits per heavy atom. The highest BCUT2D eigenvalue weighted by molar-refractivity contribution is 6.33. The molecular weight excluding hydrogens is 453 g/mol. The predicted molar refractivity (Wildman–Crippen MR) is 105 cm³/mol. The van der Waals surface area contributed by atoms with Crippen LogP contribution in [0.2, 0.25) is 5.02 Å². The molecule has 3 amide bonds. The van der Waals surface area contributed by atoms with E-state index in [-0.39, 0.29) is 59.2 Å². The fourth-order valence-corrected chi connectivity index (χ4v) is 5.26. The molecule has 1 heterocycles. The molecule has 2 aliphatic carbocycles. The fraction of sp³-hybridized carbons (Fsp3) is 0.524. The molecule has 4 rings (SSSR count). The molecule has 0 aromatic heterocycles.